The molecule has 1 atom stereocenters. The fraction of sp³-hybridized carbons (Fsp3) is 0.364. The molecule has 0 saturated heterocycles. The Balaban J connectivity index is 1.88. The van der Waals surface area contributed by atoms with Gasteiger partial charge in [-0.25, -0.2) is 4.79 Å². The zero-order valence-corrected chi connectivity index (χ0v) is 16.5. The van der Waals surface area contributed by atoms with Crippen LogP contribution in [0.25, 0.3) is 0 Å². The molecule has 156 valence electrons. The minimum absolute atomic E-state index is 0.263. The Morgan fingerprint density at radius 2 is 1.69 bits per heavy atom. The summed E-state index contributed by atoms with van der Waals surface area (Å²) in [4.78, 5) is 24.0. The van der Waals surface area contributed by atoms with E-state index in [0.29, 0.717) is 12.0 Å². The molecule has 29 heavy (non-hydrogen) atoms. The predicted molar refractivity (Wildman–Crippen MR) is 103 cm³/mol. The van der Waals surface area contributed by atoms with E-state index in [-0.39, 0.29) is 11.6 Å². The molecule has 4 nitrogen and oxygen atoms in total. The second kappa shape index (κ2) is 9.58. The smallest absolute Gasteiger partial charge is 0.416 e. The topological polar surface area (TPSA) is 55.4 Å². The van der Waals surface area contributed by atoms with E-state index in [1.165, 1.54) is 11.6 Å². The van der Waals surface area contributed by atoms with Crippen molar-refractivity contribution in [2.24, 2.45) is 5.92 Å². The van der Waals surface area contributed by atoms with Crippen LogP contribution in [0.5, 0.6) is 0 Å². The first-order valence-corrected chi connectivity index (χ1v) is 9.29. The number of esters is 1. The standard InChI is InChI=1S/C22H24F3NO3/c1-14(2)11-16-7-9-17(10-8-16)15(3)26-20(27)13-29-21(28)18-5-4-6-19(12-18)22(23,24)25/h4-10,12,14-15H,11,13H2,1-3H3,(H,26,27)/t15-/m0/s1. The monoisotopic (exact) mass is 407 g/mol. The molecule has 1 amide bonds. The molecular weight excluding hydrogens is 383 g/mol. The Hall–Kier alpha value is -2.83. The van der Waals surface area contributed by atoms with Gasteiger partial charge in [0.25, 0.3) is 5.91 Å². The first-order valence-electron chi connectivity index (χ1n) is 9.29. The van der Waals surface area contributed by atoms with E-state index < -0.39 is 30.2 Å². The maximum Gasteiger partial charge on any atom is 0.416 e. The Bertz CT molecular complexity index is 845. The lowest BCUT2D eigenvalue weighted by atomic mass is 10.00. The van der Waals surface area contributed by atoms with Crippen LogP contribution >= 0.6 is 0 Å². The molecule has 0 saturated carbocycles. The highest BCUT2D eigenvalue weighted by Gasteiger charge is 2.31. The maximum atomic E-state index is 12.7. The van der Waals surface area contributed by atoms with Crippen LogP contribution < -0.4 is 5.32 Å². The van der Waals surface area contributed by atoms with Gasteiger partial charge in [0.2, 0.25) is 0 Å². The van der Waals surface area contributed by atoms with Crippen molar-refractivity contribution in [3.8, 4) is 0 Å². The quantitative estimate of drug-likeness (QED) is 0.662. The highest BCUT2D eigenvalue weighted by molar-refractivity contribution is 5.91. The van der Waals surface area contributed by atoms with Crippen molar-refractivity contribution in [1.29, 1.82) is 0 Å². The van der Waals surface area contributed by atoms with E-state index in [9.17, 15) is 22.8 Å². The van der Waals surface area contributed by atoms with Gasteiger partial charge >= 0.3 is 12.1 Å². The predicted octanol–water partition coefficient (Wildman–Crippen LogP) is 4.94. The number of hydrogen-bond donors (Lipinski definition) is 1. The molecule has 0 aliphatic carbocycles. The van der Waals surface area contributed by atoms with E-state index in [1.807, 2.05) is 24.3 Å². The van der Waals surface area contributed by atoms with E-state index in [4.69, 9.17) is 4.74 Å². The molecule has 0 radical (unpaired) electrons. The Morgan fingerprint density at radius 3 is 2.28 bits per heavy atom. The molecule has 0 unspecified atom stereocenters. The van der Waals surface area contributed by atoms with Gasteiger partial charge in [-0.05, 0) is 48.6 Å². The van der Waals surface area contributed by atoms with Gasteiger partial charge in [-0.2, -0.15) is 13.2 Å². The van der Waals surface area contributed by atoms with E-state index >= 15 is 0 Å². The first kappa shape index (κ1) is 22.5. The first-order chi connectivity index (χ1) is 13.6. The van der Waals surface area contributed by atoms with Crippen molar-refractivity contribution in [3.05, 3.63) is 70.8 Å². The van der Waals surface area contributed by atoms with Gasteiger partial charge in [0.05, 0.1) is 17.2 Å². The van der Waals surface area contributed by atoms with E-state index in [0.717, 1.165) is 24.1 Å². The third-order valence-electron chi connectivity index (χ3n) is 4.26. The summed E-state index contributed by atoms with van der Waals surface area (Å²) >= 11 is 0. The third-order valence-corrected chi connectivity index (χ3v) is 4.26. The second-order valence-electron chi connectivity index (χ2n) is 7.28. The van der Waals surface area contributed by atoms with E-state index in [2.05, 4.69) is 19.2 Å². The summed E-state index contributed by atoms with van der Waals surface area (Å²) in [5.74, 6) is -0.981. The van der Waals surface area contributed by atoms with Crippen LogP contribution in [0.15, 0.2) is 48.5 Å². The molecule has 0 aromatic heterocycles. The van der Waals surface area contributed by atoms with E-state index in [1.54, 1.807) is 6.92 Å². The van der Waals surface area contributed by atoms with Crippen molar-refractivity contribution in [2.45, 2.75) is 39.4 Å². The number of alkyl halides is 3. The van der Waals surface area contributed by atoms with Crippen molar-refractivity contribution < 1.29 is 27.5 Å². The summed E-state index contributed by atoms with van der Waals surface area (Å²) < 4.78 is 43.0. The summed E-state index contributed by atoms with van der Waals surface area (Å²) in [6, 6.07) is 11.4. The summed E-state index contributed by atoms with van der Waals surface area (Å²) in [7, 11) is 0. The Morgan fingerprint density at radius 1 is 1.03 bits per heavy atom. The van der Waals surface area contributed by atoms with Crippen LogP contribution in [0.2, 0.25) is 0 Å². The molecule has 0 bridgehead atoms. The summed E-state index contributed by atoms with van der Waals surface area (Å²) in [6.45, 7) is 5.49. The summed E-state index contributed by atoms with van der Waals surface area (Å²) in [5, 5.41) is 2.70. The van der Waals surface area contributed by atoms with Crippen molar-refractivity contribution in [3.63, 3.8) is 0 Å². The van der Waals surface area contributed by atoms with Crippen LogP contribution in [-0.4, -0.2) is 18.5 Å². The molecule has 0 aliphatic heterocycles. The van der Waals surface area contributed by atoms with Gasteiger partial charge in [0.15, 0.2) is 6.61 Å². The van der Waals surface area contributed by atoms with Gasteiger partial charge < -0.3 is 10.1 Å². The second-order valence-corrected chi connectivity index (χ2v) is 7.28. The zero-order chi connectivity index (χ0) is 21.6. The number of benzene rings is 2. The number of carbonyl (C=O) groups excluding carboxylic acids is 2. The van der Waals surface area contributed by atoms with Gasteiger partial charge in [-0.3, -0.25) is 4.79 Å². The molecular formula is C22H24F3NO3. The summed E-state index contributed by atoms with van der Waals surface area (Å²) in [6.07, 6.45) is -3.60. The Labute approximate surface area is 168 Å². The number of halogens is 3. The number of amides is 1. The molecule has 0 spiro atoms. The van der Waals surface area contributed by atoms with Crippen LogP contribution in [0.1, 0.15) is 53.9 Å². The molecule has 0 fully saturated rings. The lowest BCUT2D eigenvalue weighted by Gasteiger charge is -2.15. The number of rotatable bonds is 7. The number of nitrogens with one attached hydrogen (secondary N) is 1. The van der Waals surface area contributed by atoms with Crippen LogP contribution in [0.3, 0.4) is 0 Å². The molecule has 2 aromatic rings. The van der Waals surface area contributed by atoms with Crippen molar-refractivity contribution in [1.82, 2.24) is 5.32 Å². The van der Waals surface area contributed by atoms with Gasteiger partial charge in [-0.15, -0.1) is 0 Å². The van der Waals surface area contributed by atoms with Crippen LogP contribution in [0.4, 0.5) is 13.2 Å². The minimum Gasteiger partial charge on any atom is -0.452 e. The van der Waals surface area contributed by atoms with Crippen molar-refractivity contribution >= 4 is 11.9 Å². The zero-order valence-electron chi connectivity index (χ0n) is 16.5. The SMILES string of the molecule is CC(C)Cc1ccc([C@H](C)NC(=O)COC(=O)c2cccc(C(F)(F)F)c2)cc1. The number of carbonyl (C=O) groups is 2. The normalized spacial score (nSPS) is 12.5. The minimum atomic E-state index is -4.56. The largest absolute Gasteiger partial charge is 0.452 e. The maximum absolute atomic E-state index is 12.7. The van der Waals surface area contributed by atoms with Gasteiger partial charge in [0, 0.05) is 0 Å². The molecule has 0 aliphatic rings. The average molecular weight is 407 g/mol. The van der Waals surface area contributed by atoms with Crippen molar-refractivity contribution in [2.75, 3.05) is 6.61 Å². The molecule has 7 heteroatoms. The molecule has 1 N–H and O–H groups in total. The van der Waals surface area contributed by atoms with Gasteiger partial charge in [-0.1, -0.05) is 44.2 Å². The molecule has 0 heterocycles. The fourth-order valence-corrected chi connectivity index (χ4v) is 2.82. The Kier molecular flexibility index (Phi) is 7.42. The van der Waals surface area contributed by atoms with Crippen LogP contribution in [0, 0.1) is 5.92 Å². The lowest BCUT2D eigenvalue weighted by molar-refractivity contribution is -0.137. The number of ether oxygens (including phenoxy) is 1. The van der Waals surface area contributed by atoms with Gasteiger partial charge in [0.1, 0.15) is 0 Å². The fourth-order valence-electron chi connectivity index (χ4n) is 2.82. The third kappa shape index (κ3) is 6.93. The molecule has 2 rings (SSSR count). The molecule has 2 aromatic carbocycles. The summed E-state index contributed by atoms with van der Waals surface area (Å²) in [5.41, 5.74) is 0.889. The highest BCUT2D eigenvalue weighted by atomic mass is 19.4. The average Bonchev–Trinajstić information content (AvgIpc) is 2.65. The highest BCUT2D eigenvalue weighted by Crippen LogP contribution is 2.29. The number of hydrogen-bond acceptors (Lipinski definition) is 3. The van der Waals surface area contributed by atoms with Crippen LogP contribution in [-0.2, 0) is 22.1 Å². The lowest BCUT2D eigenvalue weighted by Crippen LogP contribution is -2.31.